The molecule has 0 N–H and O–H groups in total. The maximum atomic E-state index is 13.1. The fourth-order valence-corrected chi connectivity index (χ4v) is 5.37. The highest BCUT2D eigenvalue weighted by Gasteiger charge is 2.35. The van der Waals surface area contributed by atoms with Crippen molar-refractivity contribution in [3.63, 3.8) is 0 Å². The van der Waals surface area contributed by atoms with Gasteiger partial charge in [-0.1, -0.05) is 11.6 Å². The Morgan fingerprint density at radius 1 is 1.26 bits per heavy atom. The predicted octanol–water partition coefficient (Wildman–Crippen LogP) is 3.44. The molecule has 3 heterocycles. The van der Waals surface area contributed by atoms with Crippen LogP contribution < -0.4 is 0 Å². The number of amides is 1. The first kappa shape index (κ1) is 18.1. The fourth-order valence-electron chi connectivity index (χ4n) is 3.47. The summed E-state index contributed by atoms with van der Waals surface area (Å²) in [7, 11) is -3.12. The summed E-state index contributed by atoms with van der Waals surface area (Å²) in [6.07, 6.45) is 3.63. The van der Waals surface area contributed by atoms with E-state index >= 15 is 0 Å². The Balaban J connectivity index is 1.60. The Morgan fingerprint density at radius 2 is 2.11 bits per heavy atom. The van der Waals surface area contributed by atoms with Crippen molar-refractivity contribution in [2.45, 2.75) is 25.4 Å². The minimum absolute atomic E-state index is 0.0165. The number of hydrogen-bond acceptors (Lipinski definition) is 5. The van der Waals surface area contributed by atoms with E-state index in [2.05, 4.69) is 0 Å². The van der Waals surface area contributed by atoms with Gasteiger partial charge < -0.3 is 13.7 Å². The van der Waals surface area contributed by atoms with E-state index in [4.69, 9.17) is 20.4 Å². The Hall–Kier alpha value is -2.25. The van der Waals surface area contributed by atoms with Crippen LogP contribution in [0.25, 0.3) is 11.0 Å². The average molecular weight is 408 g/mol. The SMILES string of the molecule is O=C(Cc1coc2ccc(Cl)cc12)N(Cc1ccco1)C1CCS(=O)(=O)C1. The number of rotatable bonds is 5. The number of halogens is 1. The summed E-state index contributed by atoms with van der Waals surface area (Å²) in [6, 6.07) is 8.42. The monoisotopic (exact) mass is 407 g/mol. The van der Waals surface area contributed by atoms with Crippen LogP contribution in [-0.4, -0.2) is 36.8 Å². The van der Waals surface area contributed by atoms with Crippen LogP contribution in [0, 0.1) is 0 Å². The Morgan fingerprint density at radius 3 is 2.81 bits per heavy atom. The molecular weight excluding hydrogens is 390 g/mol. The maximum Gasteiger partial charge on any atom is 0.227 e. The summed E-state index contributed by atoms with van der Waals surface area (Å²) in [5.41, 5.74) is 1.38. The predicted molar refractivity (Wildman–Crippen MR) is 101 cm³/mol. The van der Waals surface area contributed by atoms with Crippen molar-refractivity contribution in [2.75, 3.05) is 11.5 Å². The molecule has 1 unspecified atom stereocenters. The second-order valence-electron chi connectivity index (χ2n) is 6.74. The first-order valence-electron chi connectivity index (χ1n) is 8.59. The topological polar surface area (TPSA) is 80.7 Å². The zero-order valence-electron chi connectivity index (χ0n) is 14.4. The van der Waals surface area contributed by atoms with Gasteiger partial charge in [-0.25, -0.2) is 8.42 Å². The summed E-state index contributed by atoms with van der Waals surface area (Å²) in [5.74, 6) is 0.533. The third-order valence-electron chi connectivity index (χ3n) is 4.83. The Kier molecular flexibility index (Phi) is 4.74. The van der Waals surface area contributed by atoms with E-state index in [9.17, 15) is 13.2 Å². The molecule has 6 nitrogen and oxygen atoms in total. The van der Waals surface area contributed by atoms with Crippen molar-refractivity contribution in [3.05, 3.63) is 59.2 Å². The molecule has 0 saturated carbocycles. The van der Waals surface area contributed by atoms with Crippen LogP contribution in [0.1, 0.15) is 17.7 Å². The molecule has 0 radical (unpaired) electrons. The number of fused-ring (bicyclic) bond motifs is 1. The number of benzene rings is 1. The molecule has 8 heteroatoms. The maximum absolute atomic E-state index is 13.1. The number of sulfone groups is 1. The summed E-state index contributed by atoms with van der Waals surface area (Å²) in [5, 5.41) is 1.35. The highest BCUT2D eigenvalue weighted by Crippen LogP contribution is 2.27. The van der Waals surface area contributed by atoms with Gasteiger partial charge in [0.2, 0.25) is 5.91 Å². The molecule has 1 amide bonds. The molecule has 1 aliphatic rings. The van der Waals surface area contributed by atoms with E-state index in [1.165, 1.54) is 6.26 Å². The molecule has 3 aromatic rings. The van der Waals surface area contributed by atoms with E-state index in [0.717, 1.165) is 10.9 Å². The van der Waals surface area contributed by atoms with Gasteiger partial charge in [0, 0.05) is 22.0 Å². The molecule has 1 aromatic carbocycles. The summed E-state index contributed by atoms with van der Waals surface area (Å²) >= 11 is 6.06. The van der Waals surface area contributed by atoms with Crippen LogP contribution in [0.5, 0.6) is 0 Å². The zero-order valence-corrected chi connectivity index (χ0v) is 16.0. The Labute approximate surface area is 161 Å². The summed E-state index contributed by atoms with van der Waals surface area (Å²) in [6.45, 7) is 0.239. The van der Waals surface area contributed by atoms with Crippen molar-refractivity contribution in [1.29, 1.82) is 0 Å². The zero-order chi connectivity index (χ0) is 19.0. The van der Waals surface area contributed by atoms with Gasteiger partial charge in [0.05, 0.1) is 37.0 Å². The molecule has 27 heavy (non-hydrogen) atoms. The minimum atomic E-state index is -3.12. The van der Waals surface area contributed by atoms with Gasteiger partial charge in [0.1, 0.15) is 11.3 Å². The molecule has 1 atom stereocenters. The van der Waals surface area contributed by atoms with Crippen LogP contribution in [0.2, 0.25) is 5.02 Å². The lowest BCUT2D eigenvalue weighted by Gasteiger charge is -2.27. The van der Waals surface area contributed by atoms with Crippen LogP contribution in [-0.2, 0) is 27.6 Å². The van der Waals surface area contributed by atoms with Gasteiger partial charge in [-0.3, -0.25) is 4.79 Å². The normalized spacial score (nSPS) is 18.8. The second kappa shape index (κ2) is 7.05. The lowest BCUT2D eigenvalue weighted by molar-refractivity contribution is -0.133. The number of hydrogen-bond donors (Lipinski definition) is 0. The average Bonchev–Trinajstić information content (AvgIpc) is 3.34. The molecule has 0 spiro atoms. The number of carbonyl (C=O) groups is 1. The van der Waals surface area contributed by atoms with Crippen LogP contribution in [0.3, 0.4) is 0 Å². The molecule has 2 aromatic heterocycles. The highest BCUT2D eigenvalue weighted by molar-refractivity contribution is 7.91. The van der Waals surface area contributed by atoms with E-state index in [1.807, 2.05) is 0 Å². The van der Waals surface area contributed by atoms with E-state index in [1.54, 1.807) is 41.5 Å². The van der Waals surface area contributed by atoms with Gasteiger partial charge >= 0.3 is 0 Å². The first-order chi connectivity index (χ1) is 12.9. The van der Waals surface area contributed by atoms with Crippen molar-refractivity contribution < 1.29 is 22.0 Å². The lowest BCUT2D eigenvalue weighted by atomic mass is 10.1. The van der Waals surface area contributed by atoms with E-state index in [0.29, 0.717) is 22.8 Å². The molecular formula is C19H18ClNO5S. The fraction of sp³-hybridized carbons (Fsp3) is 0.316. The second-order valence-corrected chi connectivity index (χ2v) is 9.40. The van der Waals surface area contributed by atoms with Crippen molar-refractivity contribution >= 4 is 38.3 Å². The van der Waals surface area contributed by atoms with E-state index in [-0.39, 0.29) is 36.4 Å². The standard InChI is InChI=1S/C19H18ClNO5S/c20-14-3-4-18-17(9-14)13(11-26-18)8-19(22)21(10-16-2-1-6-25-16)15-5-7-27(23,24)12-15/h1-4,6,9,11,15H,5,7-8,10,12H2. The van der Waals surface area contributed by atoms with Gasteiger partial charge in [0.25, 0.3) is 0 Å². The number of furan rings is 2. The lowest BCUT2D eigenvalue weighted by Crippen LogP contribution is -2.41. The molecule has 0 aliphatic carbocycles. The van der Waals surface area contributed by atoms with E-state index < -0.39 is 9.84 Å². The highest BCUT2D eigenvalue weighted by atomic mass is 35.5. The van der Waals surface area contributed by atoms with Crippen LogP contribution >= 0.6 is 11.6 Å². The number of carbonyl (C=O) groups excluding carboxylic acids is 1. The van der Waals surface area contributed by atoms with Crippen molar-refractivity contribution in [1.82, 2.24) is 4.90 Å². The summed E-state index contributed by atoms with van der Waals surface area (Å²) in [4.78, 5) is 14.7. The van der Waals surface area contributed by atoms with Crippen LogP contribution in [0.4, 0.5) is 0 Å². The third kappa shape index (κ3) is 3.89. The molecule has 1 aliphatic heterocycles. The van der Waals surface area contributed by atoms with Crippen molar-refractivity contribution in [3.8, 4) is 0 Å². The van der Waals surface area contributed by atoms with Gasteiger partial charge in [-0.15, -0.1) is 0 Å². The first-order valence-corrected chi connectivity index (χ1v) is 10.8. The molecule has 1 saturated heterocycles. The largest absolute Gasteiger partial charge is 0.467 e. The number of nitrogens with zero attached hydrogens (tertiary/aromatic N) is 1. The smallest absolute Gasteiger partial charge is 0.227 e. The molecule has 0 bridgehead atoms. The van der Waals surface area contributed by atoms with Crippen molar-refractivity contribution in [2.24, 2.45) is 0 Å². The summed E-state index contributed by atoms with van der Waals surface area (Å²) < 4.78 is 34.7. The molecule has 1 fully saturated rings. The quantitative estimate of drug-likeness (QED) is 0.647. The van der Waals surface area contributed by atoms with Gasteiger partial charge in [-0.2, -0.15) is 0 Å². The van der Waals surface area contributed by atoms with Crippen LogP contribution in [0.15, 0.2) is 51.7 Å². The van der Waals surface area contributed by atoms with Gasteiger partial charge in [-0.05, 0) is 36.8 Å². The minimum Gasteiger partial charge on any atom is -0.467 e. The van der Waals surface area contributed by atoms with Gasteiger partial charge in [0.15, 0.2) is 9.84 Å². The third-order valence-corrected chi connectivity index (χ3v) is 6.82. The Bertz CT molecular complexity index is 1070. The molecule has 4 rings (SSSR count). The molecule has 142 valence electrons.